The van der Waals surface area contributed by atoms with Gasteiger partial charge in [-0.1, -0.05) is 30.3 Å². The van der Waals surface area contributed by atoms with E-state index < -0.39 is 17.4 Å². The molecule has 0 amide bonds. The first-order valence-corrected chi connectivity index (χ1v) is 10.1. The largest absolute Gasteiger partial charge is 0.494 e. The second-order valence-electron chi connectivity index (χ2n) is 7.56. The van der Waals surface area contributed by atoms with E-state index in [0.717, 1.165) is 0 Å². The summed E-state index contributed by atoms with van der Waals surface area (Å²) in [5, 5.41) is 13.3. The van der Waals surface area contributed by atoms with Crippen LogP contribution < -0.4 is 10.3 Å². The van der Waals surface area contributed by atoms with Crippen LogP contribution in [-0.4, -0.2) is 31.8 Å². The molecule has 0 saturated carbocycles. The number of fused-ring (bicyclic) bond motifs is 2. The van der Waals surface area contributed by atoms with Crippen LogP contribution in [-0.2, 0) is 12.8 Å². The van der Waals surface area contributed by atoms with E-state index in [-0.39, 0.29) is 51.6 Å². The molecule has 0 fully saturated rings. The number of halogens is 3. The van der Waals surface area contributed by atoms with E-state index in [1.807, 2.05) is 0 Å². The molecule has 2 aromatic carbocycles. The SMILES string of the molecule is COc1ccc(CO)c2oc(-c3c(C)[nH]c4c(-c5ccccc5)c(C(F)(F)F)nn4c3=O)nc12. The molecule has 0 atom stereocenters. The Morgan fingerprint density at radius 3 is 2.53 bits per heavy atom. The Kier molecular flexibility index (Phi) is 4.94. The Bertz CT molecular complexity index is 1560. The van der Waals surface area contributed by atoms with E-state index >= 15 is 0 Å². The monoisotopic (exact) mass is 470 g/mol. The minimum absolute atomic E-state index is 0.0921. The molecule has 0 aliphatic carbocycles. The fourth-order valence-electron chi connectivity index (χ4n) is 3.95. The average molecular weight is 470 g/mol. The number of aliphatic hydroxyl groups excluding tert-OH is 1. The highest BCUT2D eigenvalue weighted by atomic mass is 19.4. The van der Waals surface area contributed by atoms with Gasteiger partial charge in [0.25, 0.3) is 5.56 Å². The lowest BCUT2D eigenvalue weighted by Crippen LogP contribution is -2.20. The topological polar surface area (TPSA) is 106 Å². The van der Waals surface area contributed by atoms with E-state index in [1.165, 1.54) is 26.2 Å². The van der Waals surface area contributed by atoms with Gasteiger partial charge in [-0.15, -0.1) is 0 Å². The molecule has 3 heterocycles. The van der Waals surface area contributed by atoms with Crippen LogP contribution in [0.15, 0.2) is 51.7 Å². The molecule has 0 aliphatic heterocycles. The molecule has 2 N–H and O–H groups in total. The predicted octanol–water partition coefficient (Wildman–Crippen LogP) is 4.33. The van der Waals surface area contributed by atoms with Gasteiger partial charge in [0.15, 0.2) is 16.8 Å². The number of aromatic nitrogens is 4. The van der Waals surface area contributed by atoms with E-state index in [2.05, 4.69) is 15.1 Å². The Hall–Kier alpha value is -4.12. The van der Waals surface area contributed by atoms with Crippen LogP contribution in [0.2, 0.25) is 0 Å². The fourth-order valence-corrected chi connectivity index (χ4v) is 3.95. The van der Waals surface area contributed by atoms with Gasteiger partial charge >= 0.3 is 6.18 Å². The lowest BCUT2D eigenvalue weighted by atomic mass is 10.1. The minimum atomic E-state index is -4.80. The van der Waals surface area contributed by atoms with Crippen molar-refractivity contribution in [3.63, 3.8) is 0 Å². The predicted molar refractivity (Wildman–Crippen MR) is 116 cm³/mol. The summed E-state index contributed by atoms with van der Waals surface area (Å²) in [5.41, 5.74) is -1.08. The third-order valence-corrected chi connectivity index (χ3v) is 5.50. The number of aromatic amines is 1. The van der Waals surface area contributed by atoms with E-state index in [4.69, 9.17) is 9.15 Å². The Balaban J connectivity index is 1.83. The van der Waals surface area contributed by atoms with Gasteiger partial charge in [0.05, 0.1) is 19.3 Å². The Labute approximate surface area is 189 Å². The molecule has 34 heavy (non-hydrogen) atoms. The number of benzene rings is 2. The summed E-state index contributed by atoms with van der Waals surface area (Å²) in [4.78, 5) is 20.6. The van der Waals surface area contributed by atoms with E-state index in [1.54, 1.807) is 30.3 Å². The zero-order valence-electron chi connectivity index (χ0n) is 17.9. The van der Waals surface area contributed by atoms with Crippen LogP contribution in [0.3, 0.4) is 0 Å². The molecule has 0 unspecified atom stereocenters. The highest BCUT2D eigenvalue weighted by Crippen LogP contribution is 2.39. The molecule has 5 aromatic rings. The summed E-state index contributed by atoms with van der Waals surface area (Å²) in [6.45, 7) is 1.18. The third kappa shape index (κ3) is 3.24. The van der Waals surface area contributed by atoms with Gasteiger partial charge in [0, 0.05) is 11.3 Å². The van der Waals surface area contributed by atoms with Crippen molar-refractivity contribution in [2.45, 2.75) is 19.7 Å². The van der Waals surface area contributed by atoms with Crippen LogP contribution >= 0.6 is 0 Å². The number of aliphatic hydroxyl groups is 1. The van der Waals surface area contributed by atoms with Crippen LogP contribution in [0.1, 0.15) is 17.0 Å². The molecule has 5 rings (SSSR count). The molecular weight excluding hydrogens is 453 g/mol. The van der Waals surface area contributed by atoms with Gasteiger partial charge in [-0.25, -0.2) is 4.98 Å². The van der Waals surface area contributed by atoms with Crippen LogP contribution in [0, 0.1) is 6.92 Å². The number of ether oxygens (including phenoxy) is 1. The van der Waals surface area contributed by atoms with Crippen molar-refractivity contribution >= 4 is 16.7 Å². The fraction of sp³-hybridized carbons (Fsp3) is 0.174. The molecule has 0 saturated heterocycles. The van der Waals surface area contributed by atoms with Crippen molar-refractivity contribution in [3.05, 3.63) is 69.8 Å². The van der Waals surface area contributed by atoms with Crippen molar-refractivity contribution in [3.8, 4) is 28.3 Å². The first-order valence-electron chi connectivity index (χ1n) is 10.1. The maximum Gasteiger partial charge on any atom is 0.435 e. The average Bonchev–Trinajstić information content (AvgIpc) is 3.41. The molecular formula is C23H17F3N4O4. The van der Waals surface area contributed by atoms with Crippen molar-refractivity contribution in [2.75, 3.05) is 7.11 Å². The van der Waals surface area contributed by atoms with Crippen molar-refractivity contribution < 1.29 is 27.4 Å². The highest BCUT2D eigenvalue weighted by molar-refractivity contribution is 5.86. The van der Waals surface area contributed by atoms with E-state index in [9.17, 15) is 23.1 Å². The lowest BCUT2D eigenvalue weighted by molar-refractivity contribution is -0.140. The van der Waals surface area contributed by atoms with Crippen molar-refractivity contribution in [1.82, 2.24) is 19.6 Å². The summed E-state index contributed by atoms with van der Waals surface area (Å²) >= 11 is 0. The molecule has 174 valence electrons. The molecule has 0 bridgehead atoms. The summed E-state index contributed by atoms with van der Waals surface area (Å²) in [6.07, 6.45) is -4.80. The normalized spacial score (nSPS) is 12.1. The maximum atomic E-state index is 13.9. The molecule has 0 radical (unpaired) electrons. The maximum absolute atomic E-state index is 13.9. The zero-order valence-corrected chi connectivity index (χ0v) is 17.9. The molecule has 11 heteroatoms. The Morgan fingerprint density at radius 1 is 1.15 bits per heavy atom. The van der Waals surface area contributed by atoms with Gasteiger partial charge in [0.1, 0.15) is 17.0 Å². The van der Waals surface area contributed by atoms with Crippen LogP contribution in [0.5, 0.6) is 5.75 Å². The first kappa shape index (κ1) is 21.7. The standard InChI is InChI=1S/C23H17F3N4O4/c1-11-15(21-28-17-14(33-2)9-8-13(10-31)18(17)34-21)22(32)30-20(27-11)16(12-6-4-3-5-7-12)19(29-30)23(24,25)26/h3-9,27,31H,10H2,1-2H3. The van der Waals surface area contributed by atoms with Gasteiger partial charge in [-0.05, 0) is 24.6 Å². The number of hydrogen-bond acceptors (Lipinski definition) is 6. The molecule has 3 aromatic heterocycles. The molecule has 0 aliphatic rings. The van der Waals surface area contributed by atoms with Gasteiger partial charge in [-0.3, -0.25) is 4.79 Å². The third-order valence-electron chi connectivity index (χ3n) is 5.50. The van der Waals surface area contributed by atoms with Gasteiger partial charge in [-0.2, -0.15) is 22.8 Å². The number of rotatable bonds is 4. The minimum Gasteiger partial charge on any atom is -0.494 e. The second-order valence-corrected chi connectivity index (χ2v) is 7.56. The van der Waals surface area contributed by atoms with Gasteiger partial charge < -0.3 is 19.2 Å². The Morgan fingerprint density at radius 2 is 1.88 bits per heavy atom. The number of H-pyrrole nitrogens is 1. The number of nitrogens with one attached hydrogen (secondary N) is 1. The molecule has 0 spiro atoms. The van der Waals surface area contributed by atoms with Crippen molar-refractivity contribution in [2.24, 2.45) is 0 Å². The van der Waals surface area contributed by atoms with Gasteiger partial charge in [0.2, 0.25) is 5.89 Å². The quantitative estimate of drug-likeness (QED) is 0.405. The number of oxazole rings is 1. The number of aryl methyl sites for hydroxylation is 1. The first-order chi connectivity index (χ1) is 16.2. The second kappa shape index (κ2) is 7.73. The summed E-state index contributed by atoms with van der Waals surface area (Å²) in [7, 11) is 1.43. The number of methoxy groups -OCH3 is 1. The zero-order chi connectivity index (χ0) is 24.2. The van der Waals surface area contributed by atoms with Crippen LogP contribution in [0.4, 0.5) is 13.2 Å². The molecule has 8 nitrogen and oxygen atoms in total. The highest BCUT2D eigenvalue weighted by Gasteiger charge is 2.39. The summed E-state index contributed by atoms with van der Waals surface area (Å²) < 4.78 is 53.4. The number of alkyl halides is 3. The van der Waals surface area contributed by atoms with E-state index in [0.29, 0.717) is 15.8 Å². The lowest BCUT2D eigenvalue weighted by Gasteiger charge is -2.07. The number of hydrogen-bond donors (Lipinski definition) is 2. The smallest absolute Gasteiger partial charge is 0.435 e. The van der Waals surface area contributed by atoms with Crippen molar-refractivity contribution in [1.29, 1.82) is 0 Å². The summed E-state index contributed by atoms with van der Waals surface area (Å²) in [5.74, 6) is 0.211. The summed E-state index contributed by atoms with van der Waals surface area (Å²) in [6, 6.07) is 11.1. The van der Waals surface area contributed by atoms with Crippen LogP contribution in [0.25, 0.3) is 39.3 Å². The number of nitrogens with zero attached hydrogens (tertiary/aromatic N) is 3.